The average molecular weight is 348 g/mol. The van der Waals surface area contributed by atoms with E-state index in [0.717, 1.165) is 32.4 Å². The summed E-state index contributed by atoms with van der Waals surface area (Å²) in [6.45, 7) is 2.70. The molecule has 0 radical (unpaired) electrons. The molecule has 134 valence electrons. The number of likely N-dealkylation sites (tertiary alicyclic amines) is 2. The molecule has 2 fully saturated rings. The summed E-state index contributed by atoms with van der Waals surface area (Å²) < 4.78 is 15.8. The van der Waals surface area contributed by atoms with Crippen molar-refractivity contribution in [1.29, 1.82) is 0 Å². The maximum absolute atomic E-state index is 14.2. The van der Waals surface area contributed by atoms with Crippen LogP contribution in [0, 0.1) is 5.82 Å². The number of aromatic amines is 1. The molecular formula is C17H21FN4O3. The Hall–Kier alpha value is -2.35. The Morgan fingerprint density at radius 3 is 2.56 bits per heavy atom. The second-order valence-electron chi connectivity index (χ2n) is 6.87. The van der Waals surface area contributed by atoms with E-state index >= 15 is 0 Å². The van der Waals surface area contributed by atoms with Gasteiger partial charge >= 0.3 is 11.8 Å². The summed E-state index contributed by atoms with van der Waals surface area (Å²) in [5.41, 5.74) is 0.612. The van der Waals surface area contributed by atoms with E-state index in [4.69, 9.17) is 5.11 Å². The van der Waals surface area contributed by atoms with Crippen molar-refractivity contribution < 1.29 is 14.3 Å². The number of piperidine rings is 1. The van der Waals surface area contributed by atoms with Crippen molar-refractivity contribution in [3.05, 3.63) is 34.5 Å². The van der Waals surface area contributed by atoms with Gasteiger partial charge in [0.05, 0.1) is 5.52 Å². The van der Waals surface area contributed by atoms with Crippen LogP contribution in [0.2, 0.25) is 0 Å². The van der Waals surface area contributed by atoms with Gasteiger partial charge in [0.2, 0.25) is 0 Å². The molecule has 0 spiro atoms. The topological polar surface area (TPSA) is 81.6 Å². The molecule has 25 heavy (non-hydrogen) atoms. The lowest BCUT2D eigenvalue weighted by atomic mass is 10.0. The molecule has 1 atom stereocenters. The maximum atomic E-state index is 14.2. The largest absolute Gasteiger partial charge is 0.465 e. The number of halogens is 1. The SMILES string of the molecule is O=C(O)N1CCC(N2CCC(n3c(=O)[nH]c4cccc(F)c43)CC2)C1. The van der Waals surface area contributed by atoms with Crippen molar-refractivity contribution in [2.45, 2.75) is 31.3 Å². The smallest absolute Gasteiger partial charge is 0.407 e. The molecule has 8 heteroatoms. The van der Waals surface area contributed by atoms with E-state index in [-0.39, 0.29) is 23.6 Å². The minimum atomic E-state index is -0.863. The number of hydrogen-bond acceptors (Lipinski definition) is 3. The van der Waals surface area contributed by atoms with Crippen molar-refractivity contribution in [2.24, 2.45) is 0 Å². The highest BCUT2D eigenvalue weighted by Gasteiger charge is 2.33. The first-order valence-electron chi connectivity index (χ1n) is 8.65. The Morgan fingerprint density at radius 1 is 1.16 bits per heavy atom. The quantitative estimate of drug-likeness (QED) is 0.868. The first-order valence-corrected chi connectivity index (χ1v) is 8.65. The molecule has 0 saturated carbocycles. The third-order valence-corrected chi connectivity index (χ3v) is 5.50. The van der Waals surface area contributed by atoms with Crippen LogP contribution in [0.4, 0.5) is 9.18 Å². The van der Waals surface area contributed by atoms with E-state index in [1.807, 2.05) is 0 Å². The molecule has 7 nitrogen and oxygen atoms in total. The molecule has 1 aromatic heterocycles. The lowest BCUT2D eigenvalue weighted by molar-refractivity contribution is 0.126. The van der Waals surface area contributed by atoms with Crippen molar-refractivity contribution >= 4 is 17.1 Å². The van der Waals surface area contributed by atoms with Crippen LogP contribution in [-0.4, -0.2) is 62.8 Å². The molecule has 1 unspecified atom stereocenters. The number of aromatic nitrogens is 2. The second-order valence-corrected chi connectivity index (χ2v) is 6.87. The van der Waals surface area contributed by atoms with Crippen LogP contribution < -0.4 is 5.69 Å². The van der Waals surface area contributed by atoms with Gasteiger partial charge in [0.1, 0.15) is 11.3 Å². The summed E-state index contributed by atoms with van der Waals surface area (Å²) in [6.07, 6.45) is 1.49. The molecule has 2 aromatic rings. The maximum Gasteiger partial charge on any atom is 0.407 e. The summed E-state index contributed by atoms with van der Waals surface area (Å²) in [6, 6.07) is 4.89. The number of imidazole rings is 1. The molecule has 0 aliphatic carbocycles. The second kappa shape index (κ2) is 6.18. The molecule has 2 aliphatic rings. The Kier molecular flexibility index (Phi) is 3.99. The highest BCUT2D eigenvalue weighted by atomic mass is 19.1. The monoisotopic (exact) mass is 348 g/mol. The summed E-state index contributed by atoms with van der Waals surface area (Å²) in [7, 11) is 0. The van der Waals surface area contributed by atoms with Gasteiger partial charge < -0.3 is 15.0 Å². The number of carboxylic acid groups (broad SMARTS) is 1. The Balaban J connectivity index is 1.49. The van der Waals surface area contributed by atoms with Crippen molar-refractivity contribution in [3.63, 3.8) is 0 Å². The highest BCUT2D eigenvalue weighted by molar-refractivity contribution is 5.76. The van der Waals surface area contributed by atoms with E-state index in [0.29, 0.717) is 24.1 Å². The van der Waals surface area contributed by atoms with Gasteiger partial charge in [-0.2, -0.15) is 0 Å². The minimum Gasteiger partial charge on any atom is -0.465 e. The van der Waals surface area contributed by atoms with E-state index in [9.17, 15) is 14.0 Å². The van der Waals surface area contributed by atoms with Gasteiger partial charge in [-0.05, 0) is 31.4 Å². The molecule has 4 rings (SSSR count). The Bertz CT molecular complexity index is 853. The molecule has 2 aliphatic heterocycles. The first-order chi connectivity index (χ1) is 12.0. The van der Waals surface area contributed by atoms with Crippen LogP contribution in [0.3, 0.4) is 0 Å². The molecule has 2 saturated heterocycles. The lowest BCUT2D eigenvalue weighted by Crippen LogP contribution is -2.44. The van der Waals surface area contributed by atoms with Crippen LogP contribution in [-0.2, 0) is 0 Å². The highest BCUT2D eigenvalue weighted by Crippen LogP contribution is 2.28. The standard InChI is InChI=1S/C17H21FN4O3/c18-13-2-1-3-14-15(13)22(16(23)19-14)11-4-7-20(8-5-11)12-6-9-21(10-12)17(24)25/h1-3,11-12H,4-10H2,(H,19,23)(H,24,25). The Labute approximate surface area is 143 Å². The van der Waals surface area contributed by atoms with E-state index in [2.05, 4.69) is 9.88 Å². The van der Waals surface area contributed by atoms with E-state index in [1.54, 1.807) is 16.7 Å². The van der Waals surface area contributed by atoms with Gasteiger partial charge in [0.25, 0.3) is 0 Å². The third-order valence-electron chi connectivity index (χ3n) is 5.50. The van der Waals surface area contributed by atoms with Crippen molar-refractivity contribution in [3.8, 4) is 0 Å². The van der Waals surface area contributed by atoms with Crippen LogP contribution in [0.15, 0.2) is 23.0 Å². The summed E-state index contributed by atoms with van der Waals surface area (Å²) in [5, 5.41) is 9.08. The van der Waals surface area contributed by atoms with Crippen LogP contribution in [0.1, 0.15) is 25.3 Å². The molecule has 3 heterocycles. The predicted molar refractivity (Wildman–Crippen MR) is 90.4 cm³/mol. The number of nitrogens with one attached hydrogen (secondary N) is 1. The molecule has 1 aromatic carbocycles. The number of amides is 1. The first kappa shape index (κ1) is 16.1. The van der Waals surface area contributed by atoms with E-state index < -0.39 is 6.09 Å². The van der Waals surface area contributed by atoms with Crippen LogP contribution in [0.25, 0.3) is 11.0 Å². The summed E-state index contributed by atoms with van der Waals surface area (Å²) >= 11 is 0. The fourth-order valence-electron chi connectivity index (χ4n) is 4.21. The molecule has 0 bridgehead atoms. The van der Waals surface area contributed by atoms with Gasteiger partial charge in [0.15, 0.2) is 0 Å². The number of fused-ring (bicyclic) bond motifs is 1. The van der Waals surface area contributed by atoms with Gasteiger partial charge in [0, 0.05) is 38.3 Å². The van der Waals surface area contributed by atoms with Crippen molar-refractivity contribution in [1.82, 2.24) is 19.4 Å². The molecule has 2 N–H and O–H groups in total. The zero-order valence-electron chi connectivity index (χ0n) is 13.8. The number of nitrogens with zero attached hydrogens (tertiary/aromatic N) is 3. The van der Waals surface area contributed by atoms with Crippen molar-refractivity contribution in [2.75, 3.05) is 26.2 Å². The van der Waals surface area contributed by atoms with Gasteiger partial charge in [-0.15, -0.1) is 0 Å². The zero-order valence-corrected chi connectivity index (χ0v) is 13.8. The zero-order chi connectivity index (χ0) is 17.6. The lowest BCUT2D eigenvalue weighted by Gasteiger charge is -2.36. The van der Waals surface area contributed by atoms with Gasteiger partial charge in [-0.25, -0.2) is 14.0 Å². The van der Waals surface area contributed by atoms with E-state index in [1.165, 1.54) is 11.0 Å². The fraction of sp³-hybridized carbons (Fsp3) is 0.529. The summed E-state index contributed by atoms with van der Waals surface area (Å²) in [4.78, 5) is 29.9. The minimum absolute atomic E-state index is 0.0358. The molecule has 1 amide bonds. The number of carbonyl (C=O) groups is 1. The van der Waals surface area contributed by atoms with Crippen LogP contribution in [0.5, 0.6) is 0 Å². The normalized spacial score (nSPS) is 22.8. The number of H-pyrrole nitrogens is 1. The Morgan fingerprint density at radius 2 is 1.88 bits per heavy atom. The molecular weight excluding hydrogens is 327 g/mol. The number of para-hydroxylation sites is 1. The third kappa shape index (κ3) is 2.80. The number of benzene rings is 1. The van der Waals surface area contributed by atoms with Gasteiger partial charge in [-0.3, -0.25) is 9.47 Å². The number of hydrogen-bond donors (Lipinski definition) is 2. The summed E-state index contributed by atoms with van der Waals surface area (Å²) in [5.74, 6) is -0.383. The fourth-order valence-corrected chi connectivity index (χ4v) is 4.21. The van der Waals surface area contributed by atoms with Gasteiger partial charge in [-0.1, -0.05) is 6.07 Å². The number of rotatable bonds is 2. The van der Waals surface area contributed by atoms with Crippen LogP contribution >= 0.6 is 0 Å². The predicted octanol–water partition coefficient (Wildman–Crippen LogP) is 1.86. The average Bonchev–Trinajstić information content (AvgIpc) is 3.20.